The van der Waals surface area contributed by atoms with Gasteiger partial charge in [0.05, 0.1) is 17.3 Å². The van der Waals surface area contributed by atoms with Crippen LogP contribution in [0.1, 0.15) is 35.7 Å². The van der Waals surface area contributed by atoms with Crippen molar-refractivity contribution in [2.75, 3.05) is 5.48 Å². The Labute approximate surface area is 184 Å². The molecule has 6 heteroatoms. The van der Waals surface area contributed by atoms with Crippen molar-refractivity contribution in [3.05, 3.63) is 127 Å². The molecule has 0 bridgehead atoms. The van der Waals surface area contributed by atoms with Gasteiger partial charge in [0.25, 0.3) is 5.43 Å². The minimum atomic E-state index is -0.647. The van der Waals surface area contributed by atoms with Gasteiger partial charge in [-0.05, 0) is 42.3 Å². The average Bonchev–Trinajstić information content (AvgIpc) is 2.82. The molecule has 0 aliphatic heterocycles. The summed E-state index contributed by atoms with van der Waals surface area (Å²) >= 11 is 6.06. The monoisotopic (exact) mass is 432 g/mol. The van der Waals surface area contributed by atoms with Crippen molar-refractivity contribution in [1.29, 1.82) is 0 Å². The minimum absolute atomic E-state index is 0.0153. The van der Waals surface area contributed by atoms with E-state index in [1.54, 1.807) is 24.3 Å². The predicted molar refractivity (Wildman–Crippen MR) is 123 cm³/mol. The van der Waals surface area contributed by atoms with E-state index in [2.05, 4.69) is 10.8 Å². The van der Waals surface area contributed by atoms with Crippen molar-refractivity contribution in [3.8, 4) is 5.75 Å². The molecule has 0 aromatic heterocycles. The summed E-state index contributed by atoms with van der Waals surface area (Å²) in [6.07, 6.45) is 0. The molecule has 0 saturated heterocycles. The molecule has 4 rings (SSSR count). The highest BCUT2D eigenvalue weighted by molar-refractivity contribution is 6.30. The van der Waals surface area contributed by atoms with Crippen molar-refractivity contribution in [2.24, 2.45) is 0 Å². The number of rotatable bonds is 8. The van der Waals surface area contributed by atoms with E-state index in [1.807, 2.05) is 67.6 Å². The van der Waals surface area contributed by atoms with Gasteiger partial charge in [-0.25, -0.2) is 5.48 Å². The topological polar surface area (TPSA) is 67.4 Å². The minimum Gasteiger partial charge on any atom is -0.377 e. The molecule has 31 heavy (non-hydrogen) atoms. The van der Waals surface area contributed by atoms with Gasteiger partial charge in [-0.3, -0.25) is 14.9 Å². The lowest BCUT2D eigenvalue weighted by atomic mass is 9.93. The van der Waals surface area contributed by atoms with E-state index in [0.717, 1.165) is 11.1 Å². The van der Waals surface area contributed by atoms with Gasteiger partial charge in [0.15, 0.2) is 0 Å². The van der Waals surface area contributed by atoms with E-state index >= 15 is 0 Å². The maximum Gasteiger partial charge on any atom is 0.271 e. The Morgan fingerprint density at radius 2 is 1.39 bits per heavy atom. The summed E-state index contributed by atoms with van der Waals surface area (Å²) in [6, 6.07) is 25.6. The third-order valence-corrected chi connectivity index (χ3v) is 5.41. The van der Waals surface area contributed by atoms with E-state index in [9.17, 15) is 9.59 Å². The van der Waals surface area contributed by atoms with Crippen molar-refractivity contribution in [3.63, 3.8) is 0 Å². The first kappa shape index (κ1) is 20.8. The van der Waals surface area contributed by atoms with Gasteiger partial charge in [-0.1, -0.05) is 72.3 Å². The fraction of sp³-hybridized carbons (Fsp3) is 0.120. The highest BCUT2D eigenvalue weighted by atomic mass is 35.5. The van der Waals surface area contributed by atoms with Gasteiger partial charge < -0.3 is 4.84 Å². The van der Waals surface area contributed by atoms with Gasteiger partial charge in [0, 0.05) is 11.1 Å². The molecule has 5 nitrogen and oxygen atoms in total. The van der Waals surface area contributed by atoms with Gasteiger partial charge >= 0.3 is 0 Å². The second kappa shape index (κ2) is 9.16. The molecular weight excluding hydrogens is 412 g/mol. The smallest absolute Gasteiger partial charge is 0.271 e. The van der Waals surface area contributed by atoms with Gasteiger partial charge in [0.2, 0.25) is 11.2 Å². The summed E-state index contributed by atoms with van der Waals surface area (Å²) in [5, 5.41) is 4.06. The molecule has 4 aromatic rings. The molecule has 4 aromatic carbocycles. The van der Waals surface area contributed by atoms with Crippen molar-refractivity contribution in [1.82, 2.24) is 5.32 Å². The summed E-state index contributed by atoms with van der Waals surface area (Å²) in [7, 11) is 0. The molecule has 2 unspecified atom stereocenters. The quantitative estimate of drug-likeness (QED) is 0.310. The average molecular weight is 433 g/mol. The molecule has 0 aliphatic carbocycles. The lowest BCUT2D eigenvalue weighted by Crippen LogP contribution is -2.43. The number of benzene rings is 3. The number of hydrogen-bond acceptors (Lipinski definition) is 5. The van der Waals surface area contributed by atoms with Crippen LogP contribution in [0, 0.1) is 0 Å². The molecule has 156 valence electrons. The van der Waals surface area contributed by atoms with Crippen LogP contribution in [0.15, 0.2) is 94.5 Å². The van der Waals surface area contributed by atoms with E-state index in [4.69, 9.17) is 16.4 Å². The second-order valence-electron chi connectivity index (χ2n) is 7.25. The van der Waals surface area contributed by atoms with Crippen LogP contribution in [-0.2, 0) is 0 Å². The molecule has 0 heterocycles. The lowest BCUT2D eigenvalue weighted by molar-refractivity contribution is 0.379. The second-order valence-corrected chi connectivity index (χ2v) is 7.69. The van der Waals surface area contributed by atoms with Crippen LogP contribution < -0.4 is 26.5 Å². The van der Waals surface area contributed by atoms with Crippen LogP contribution >= 0.6 is 11.6 Å². The highest BCUT2D eigenvalue weighted by Gasteiger charge is 2.32. The van der Waals surface area contributed by atoms with E-state index in [-0.39, 0.29) is 11.8 Å². The Morgan fingerprint density at radius 3 is 2.03 bits per heavy atom. The fourth-order valence-corrected chi connectivity index (χ4v) is 3.58. The zero-order valence-electron chi connectivity index (χ0n) is 16.8. The zero-order chi connectivity index (χ0) is 21.8. The van der Waals surface area contributed by atoms with Gasteiger partial charge in [0.1, 0.15) is 0 Å². The maximum atomic E-state index is 12.6. The van der Waals surface area contributed by atoms with Crippen LogP contribution in [0.2, 0.25) is 5.02 Å². The molecule has 0 amide bonds. The molecule has 0 radical (unpaired) electrons. The molecule has 0 fully saturated rings. The van der Waals surface area contributed by atoms with Crippen molar-refractivity contribution >= 4 is 17.3 Å². The number of nitrogens with one attached hydrogen (secondary N) is 2. The summed E-state index contributed by atoms with van der Waals surface area (Å²) in [6.45, 7) is 2.01. The van der Waals surface area contributed by atoms with Crippen LogP contribution in [0.3, 0.4) is 0 Å². The summed E-state index contributed by atoms with van der Waals surface area (Å²) in [4.78, 5) is 30.5. The first-order chi connectivity index (χ1) is 15.0. The van der Waals surface area contributed by atoms with E-state index < -0.39 is 16.9 Å². The molecule has 2 N–H and O–H groups in total. The number of anilines is 1. The Morgan fingerprint density at radius 1 is 0.774 bits per heavy atom. The first-order valence-corrected chi connectivity index (χ1v) is 10.3. The van der Waals surface area contributed by atoms with Gasteiger partial charge in [-0.2, -0.15) is 0 Å². The zero-order valence-corrected chi connectivity index (χ0v) is 17.6. The third-order valence-electron chi connectivity index (χ3n) is 5.15. The lowest BCUT2D eigenvalue weighted by Gasteiger charge is -2.26. The maximum absolute atomic E-state index is 12.6. The van der Waals surface area contributed by atoms with Crippen LogP contribution in [0.25, 0.3) is 0 Å². The predicted octanol–water partition coefficient (Wildman–Crippen LogP) is 4.78. The number of para-hydroxylation sites is 1. The standard InChI is InChI=1S/C25H21ClN2O3/c1-16(17-8-4-2-5-9-17)27-22(18-12-14-19(26)15-13-18)21-23(29)24(30)25(21)31-28-20-10-6-3-7-11-20/h2-16,22,27-28H,1H3. The summed E-state index contributed by atoms with van der Waals surface area (Å²) < 4.78 is 0. The number of halogens is 1. The molecule has 0 spiro atoms. The molecule has 0 aliphatic rings. The highest BCUT2D eigenvalue weighted by Crippen LogP contribution is 2.30. The van der Waals surface area contributed by atoms with Crippen LogP contribution in [-0.4, -0.2) is 0 Å². The van der Waals surface area contributed by atoms with Crippen molar-refractivity contribution < 1.29 is 4.84 Å². The Balaban J connectivity index is 1.67. The molecule has 0 saturated carbocycles. The summed E-state index contributed by atoms with van der Waals surface area (Å²) in [5.41, 5.74) is 4.38. The Hall–Kier alpha value is -3.41. The number of hydrogen-bond donors (Lipinski definition) is 2. The molecule has 2 atom stereocenters. The largest absolute Gasteiger partial charge is 0.377 e. The van der Waals surface area contributed by atoms with Crippen LogP contribution in [0.4, 0.5) is 5.69 Å². The molecular formula is C25H21ClN2O3. The third kappa shape index (κ3) is 4.53. The van der Waals surface area contributed by atoms with Crippen molar-refractivity contribution in [2.45, 2.75) is 19.0 Å². The normalized spacial score (nSPS) is 13.0. The van der Waals surface area contributed by atoms with Gasteiger partial charge in [-0.15, -0.1) is 0 Å². The van der Waals surface area contributed by atoms with E-state index in [1.165, 1.54) is 0 Å². The fourth-order valence-electron chi connectivity index (χ4n) is 3.46. The Kier molecular flexibility index (Phi) is 6.16. The van der Waals surface area contributed by atoms with E-state index in [0.29, 0.717) is 16.3 Å². The SMILES string of the molecule is CC(NC(c1ccc(Cl)cc1)c1c(ONc2ccccc2)c(=O)c1=O)c1ccccc1. The summed E-state index contributed by atoms with van der Waals surface area (Å²) in [5.74, 6) is 0.0153. The Bertz CT molecular complexity index is 1220. The van der Waals surface area contributed by atoms with Crippen LogP contribution in [0.5, 0.6) is 5.75 Å². The first-order valence-electron chi connectivity index (χ1n) is 9.92.